The summed E-state index contributed by atoms with van der Waals surface area (Å²) in [7, 11) is 0. The highest BCUT2D eigenvalue weighted by atomic mass is 16.1. The van der Waals surface area contributed by atoms with E-state index in [9.17, 15) is 4.79 Å². The van der Waals surface area contributed by atoms with Gasteiger partial charge in [-0.05, 0) is 18.6 Å². The highest BCUT2D eigenvalue weighted by molar-refractivity contribution is 5.77. The molecule has 14 heavy (non-hydrogen) atoms. The molecular formula is C10H13N3O. The van der Waals surface area contributed by atoms with Crippen LogP contribution in [0.1, 0.15) is 24.5 Å². The first-order valence-electron chi connectivity index (χ1n) is 4.74. The average molecular weight is 191 g/mol. The summed E-state index contributed by atoms with van der Waals surface area (Å²) in [6.07, 6.45) is 3.14. The smallest absolute Gasteiger partial charge is 0.220 e. The zero-order valence-electron chi connectivity index (χ0n) is 7.86. The van der Waals surface area contributed by atoms with Crippen LogP contribution in [0, 0.1) is 0 Å². The van der Waals surface area contributed by atoms with Crippen LogP contribution in [-0.4, -0.2) is 17.4 Å². The Bertz CT molecular complexity index is 334. The van der Waals surface area contributed by atoms with Crippen LogP contribution in [-0.2, 0) is 4.79 Å². The van der Waals surface area contributed by atoms with E-state index in [0.29, 0.717) is 12.1 Å². The van der Waals surface area contributed by atoms with E-state index in [4.69, 9.17) is 5.73 Å². The number of carbonyl (C=O) groups excluding carboxylic acids is 1. The largest absolute Gasteiger partial charge is 0.397 e. The number of nitrogen functional groups attached to an aromatic ring is 1. The molecule has 0 bridgehead atoms. The quantitative estimate of drug-likeness (QED) is 0.685. The van der Waals surface area contributed by atoms with Gasteiger partial charge in [0.25, 0.3) is 0 Å². The SMILES string of the molecule is Nc1ccc([C@@H]2CCNC(=O)C2)nc1. The monoisotopic (exact) mass is 191 g/mol. The molecule has 3 N–H and O–H groups in total. The van der Waals surface area contributed by atoms with Crippen LogP contribution in [0.5, 0.6) is 0 Å². The molecule has 4 heteroatoms. The third-order valence-corrected chi connectivity index (χ3v) is 2.47. The number of hydrogen-bond acceptors (Lipinski definition) is 3. The number of rotatable bonds is 1. The van der Waals surface area contributed by atoms with E-state index < -0.39 is 0 Å². The van der Waals surface area contributed by atoms with Gasteiger partial charge in [-0.15, -0.1) is 0 Å². The maximum absolute atomic E-state index is 11.2. The molecule has 74 valence electrons. The van der Waals surface area contributed by atoms with Gasteiger partial charge in [-0.25, -0.2) is 0 Å². The van der Waals surface area contributed by atoms with E-state index in [0.717, 1.165) is 18.7 Å². The molecule has 0 spiro atoms. The van der Waals surface area contributed by atoms with Gasteiger partial charge in [0.05, 0.1) is 11.9 Å². The van der Waals surface area contributed by atoms with E-state index >= 15 is 0 Å². The van der Waals surface area contributed by atoms with Crippen LogP contribution in [0.15, 0.2) is 18.3 Å². The van der Waals surface area contributed by atoms with Crippen molar-refractivity contribution in [2.45, 2.75) is 18.8 Å². The van der Waals surface area contributed by atoms with Crippen molar-refractivity contribution in [3.63, 3.8) is 0 Å². The Labute approximate surface area is 82.5 Å². The minimum absolute atomic E-state index is 0.111. The Balaban J connectivity index is 2.14. The molecule has 0 saturated carbocycles. The van der Waals surface area contributed by atoms with Crippen molar-refractivity contribution in [1.82, 2.24) is 10.3 Å². The Hall–Kier alpha value is -1.58. The van der Waals surface area contributed by atoms with Gasteiger partial charge in [0.2, 0.25) is 5.91 Å². The lowest BCUT2D eigenvalue weighted by Crippen LogP contribution is -2.32. The summed E-state index contributed by atoms with van der Waals surface area (Å²) in [6, 6.07) is 3.73. The zero-order valence-corrected chi connectivity index (χ0v) is 7.86. The molecule has 1 atom stereocenters. The van der Waals surface area contributed by atoms with Gasteiger partial charge in [0.15, 0.2) is 0 Å². The fourth-order valence-electron chi connectivity index (χ4n) is 1.69. The summed E-state index contributed by atoms with van der Waals surface area (Å²) in [6.45, 7) is 0.746. The molecule has 1 fully saturated rings. The van der Waals surface area contributed by atoms with E-state index in [-0.39, 0.29) is 11.8 Å². The van der Waals surface area contributed by atoms with E-state index in [1.54, 1.807) is 6.20 Å². The van der Waals surface area contributed by atoms with Crippen LogP contribution >= 0.6 is 0 Å². The third-order valence-electron chi connectivity index (χ3n) is 2.47. The van der Waals surface area contributed by atoms with Gasteiger partial charge in [0, 0.05) is 24.6 Å². The fraction of sp³-hybridized carbons (Fsp3) is 0.400. The van der Waals surface area contributed by atoms with E-state index in [2.05, 4.69) is 10.3 Å². The molecule has 4 nitrogen and oxygen atoms in total. The number of carbonyl (C=O) groups is 1. The molecule has 1 aromatic rings. The molecule has 1 aliphatic heterocycles. The van der Waals surface area contributed by atoms with Crippen molar-refractivity contribution >= 4 is 11.6 Å². The summed E-state index contributed by atoms with van der Waals surface area (Å²) < 4.78 is 0. The second-order valence-corrected chi connectivity index (χ2v) is 3.56. The summed E-state index contributed by atoms with van der Waals surface area (Å²) >= 11 is 0. The van der Waals surface area contributed by atoms with Crippen molar-refractivity contribution in [1.29, 1.82) is 0 Å². The molecule has 0 radical (unpaired) electrons. The van der Waals surface area contributed by atoms with E-state index in [1.165, 1.54) is 0 Å². The highest BCUT2D eigenvalue weighted by Gasteiger charge is 2.21. The topological polar surface area (TPSA) is 68.0 Å². The summed E-state index contributed by atoms with van der Waals surface area (Å²) in [5, 5.41) is 2.80. The molecule has 2 heterocycles. The van der Waals surface area contributed by atoms with Gasteiger partial charge in [-0.2, -0.15) is 0 Å². The molecule has 1 aliphatic rings. The maximum Gasteiger partial charge on any atom is 0.220 e. The number of pyridine rings is 1. The summed E-state index contributed by atoms with van der Waals surface area (Å²) in [5.74, 6) is 0.365. The molecule has 0 unspecified atom stereocenters. The van der Waals surface area contributed by atoms with Crippen molar-refractivity contribution in [3.8, 4) is 0 Å². The van der Waals surface area contributed by atoms with Crippen molar-refractivity contribution < 1.29 is 4.79 Å². The standard InChI is InChI=1S/C10H13N3O/c11-8-1-2-9(13-6-8)7-3-4-12-10(14)5-7/h1-2,6-7H,3-5,11H2,(H,12,14)/t7-/m1/s1. The molecule has 0 aliphatic carbocycles. The number of piperidine rings is 1. The molecule has 0 aromatic carbocycles. The first-order valence-corrected chi connectivity index (χ1v) is 4.74. The number of hydrogen-bond donors (Lipinski definition) is 2. The first-order chi connectivity index (χ1) is 6.75. The summed E-state index contributed by atoms with van der Waals surface area (Å²) in [4.78, 5) is 15.4. The van der Waals surface area contributed by atoms with Crippen molar-refractivity contribution in [2.75, 3.05) is 12.3 Å². The molecular weight excluding hydrogens is 178 g/mol. The van der Waals surface area contributed by atoms with Crippen LogP contribution in [0.25, 0.3) is 0 Å². The van der Waals surface area contributed by atoms with Gasteiger partial charge < -0.3 is 11.1 Å². The molecule has 1 amide bonds. The number of nitrogens with one attached hydrogen (secondary N) is 1. The second-order valence-electron chi connectivity index (χ2n) is 3.56. The minimum Gasteiger partial charge on any atom is -0.397 e. The molecule has 2 rings (SSSR count). The predicted octanol–water partition coefficient (Wildman–Crippen LogP) is 0.657. The second kappa shape index (κ2) is 3.65. The number of nitrogens with two attached hydrogens (primary N) is 1. The lowest BCUT2D eigenvalue weighted by atomic mass is 9.94. The first kappa shape index (κ1) is 8.99. The highest BCUT2D eigenvalue weighted by Crippen LogP contribution is 2.23. The number of amides is 1. The lowest BCUT2D eigenvalue weighted by molar-refractivity contribution is -0.122. The van der Waals surface area contributed by atoms with Gasteiger partial charge >= 0.3 is 0 Å². The Morgan fingerprint density at radius 1 is 1.50 bits per heavy atom. The van der Waals surface area contributed by atoms with Crippen LogP contribution in [0.2, 0.25) is 0 Å². The van der Waals surface area contributed by atoms with Gasteiger partial charge in [-0.1, -0.05) is 0 Å². The van der Waals surface area contributed by atoms with Crippen LogP contribution in [0.3, 0.4) is 0 Å². The average Bonchev–Trinajstić information content (AvgIpc) is 2.19. The fourth-order valence-corrected chi connectivity index (χ4v) is 1.69. The Morgan fingerprint density at radius 3 is 3.00 bits per heavy atom. The van der Waals surface area contributed by atoms with E-state index in [1.807, 2.05) is 12.1 Å². The van der Waals surface area contributed by atoms with Crippen LogP contribution in [0.4, 0.5) is 5.69 Å². The number of anilines is 1. The normalized spacial score (nSPS) is 21.7. The zero-order chi connectivity index (χ0) is 9.97. The summed E-state index contributed by atoms with van der Waals surface area (Å²) in [5.41, 5.74) is 7.17. The third kappa shape index (κ3) is 1.84. The van der Waals surface area contributed by atoms with Crippen LogP contribution < -0.4 is 11.1 Å². The minimum atomic E-state index is 0.111. The molecule has 1 saturated heterocycles. The Morgan fingerprint density at radius 2 is 2.36 bits per heavy atom. The number of aromatic nitrogens is 1. The van der Waals surface area contributed by atoms with Gasteiger partial charge in [-0.3, -0.25) is 9.78 Å². The number of nitrogens with zero attached hydrogens (tertiary/aromatic N) is 1. The lowest BCUT2D eigenvalue weighted by Gasteiger charge is -2.21. The van der Waals surface area contributed by atoms with Crippen molar-refractivity contribution in [2.24, 2.45) is 0 Å². The van der Waals surface area contributed by atoms with Crippen molar-refractivity contribution in [3.05, 3.63) is 24.0 Å². The van der Waals surface area contributed by atoms with Gasteiger partial charge in [0.1, 0.15) is 0 Å². The predicted molar refractivity (Wildman–Crippen MR) is 53.6 cm³/mol. The Kier molecular flexibility index (Phi) is 2.35. The molecule has 1 aromatic heterocycles. The maximum atomic E-state index is 11.2.